The number of anilines is 1. The highest BCUT2D eigenvalue weighted by Crippen LogP contribution is 2.33. The average molecular weight is 366 g/mol. The van der Waals surface area contributed by atoms with Gasteiger partial charge in [-0.15, -0.1) is 0 Å². The predicted molar refractivity (Wildman–Crippen MR) is 88.7 cm³/mol. The lowest BCUT2D eigenvalue weighted by atomic mass is 9.97. The van der Waals surface area contributed by atoms with Gasteiger partial charge in [-0.3, -0.25) is 4.79 Å². The zero-order valence-electron chi connectivity index (χ0n) is 11.4. The number of rotatable bonds is 2. The number of likely N-dealkylation sites (N-methyl/N-ethyl adjacent to an activating group) is 1. The van der Waals surface area contributed by atoms with E-state index >= 15 is 0 Å². The van der Waals surface area contributed by atoms with E-state index in [0.717, 1.165) is 26.9 Å². The molecule has 0 bridgehead atoms. The summed E-state index contributed by atoms with van der Waals surface area (Å²) in [6, 6.07) is 11.3. The number of amides is 1. The molecule has 21 heavy (non-hydrogen) atoms. The van der Waals surface area contributed by atoms with E-state index in [0.29, 0.717) is 11.4 Å². The van der Waals surface area contributed by atoms with Crippen LogP contribution in [0.2, 0.25) is 5.02 Å². The zero-order chi connectivity index (χ0) is 15.1. The summed E-state index contributed by atoms with van der Waals surface area (Å²) in [5.41, 5.74) is 10.1. The Balaban J connectivity index is 1.98. The normalized spacial score (nSPS) is 15.2. The van der Waals surface area contributed by atoms with Crippen LogP contribution in [-0.2, 0) is 11.2 Å². The maximum absolute atomic E-state index is 11.7. The fourth-order valence-corrected chi connectivity index (χ4v) is 3.41. The van der Waals surface area contributed by atoms with Crippen molar-refractivity contribution in [2.75, 3.05) is 11.9 Å². The van der Waals surface area contributed by atoms with Gasteiger partial charge in [0.1, 0.15) is 0 Å². The van der Waals surface area contributed by atoms with Crippen LogP contribution in [0.4, 0.5) is 5.69 Å². The summed E-state index contributed by atoms with van der Waals surface area (Å²) in [5.74, 6) is 0.109. The van der Waals surface area contributed by atoms with Gasteiger partial charge < -0.3 is 10.6 Å². The van der Waals surface area contributed by atoms with Crippen LogP contribution in [0, 0.1) is 0 Å². The molecule has 2 aromatic rings. The van der Waals surface area contributed by atoms with Crippen molar-refractivity contribution >= 4 is 39.1 Å². The van der Waals surface area contributed by atoms with Gasteiger partial charge in [-0.2, -0.15) is 0 Å². The van der Waals surface area contributed by atoms with Gasteiger partial charge in [0, 0.05) is 22.2 Å². The summed E-state index contributed by atoms with van der Waals surface area (Å²) in [7, 11) is 1.79. The Labute approximate surface area is 136 Å². The first-order chi connectivity index (χ1) is 9.97. The summed E-state index contributed by atoms with van der Waals surface area (Å²) < 4.78 is 0.921. The van der Waals surface area contributed by atoms with Crippen molar-refractivity contribution < 1.29 is 4.79 Å². The average Bonchev–Trinajstić information content (AvgIpc) is 2.73. The second kappa shape index (κ2) is 5.44. The highest BCUT2D eigenvalue weighted by molar-refractivity contribution is 9.10. The number of nitrogens with two attached hydrogens (primary N) is 1. The summed E-state index contributed by atoms with van der Waals surface area (Å²) in [4.78, 5) is 13.4. The Kier molecular flexibility index (Phi) is 3.78. The molecular formula is C16H14BrClN2O. The van der Waals surface area contributed by atoms with Gasteiger partial charge in [0.2, 0.25) is 5.91 Å². The van der Waals surface area contributed by atoms with E-state index < -0.39 is 0 Å². The molecule has 0 radical (unpaired) electrons. The van der Waals surface area contributed by atoms with E-state index in [1.54, 1.807) is 11.9 Å². The van der Waals surface area contributed by atoms with Gasteiger partial charge in [0.05, 0.1) is 12.5 Å². The van der Waals surface area contributed by atoms with Crippen LogP contribution in [0.5, 0.6) is 0 Å². The van der Waals surface area contributed by atoms with Crippen molar-refractivity contribution in [3.05, 3.63) is 62.6 Å². The molecule has 3 nitrogen and oxygen atoms in total. The van der Waals surface area contributed by atoms with Crippen LogP contribution in [0.25, 0.3) is 0 Å². The third-order valence-electron chi connectivity index (χ3n) is 3.84. The summed E-state index contributed by atoms with van der Waals surface area (Å²) >= 11 is 9.65. The molecule has 1 aliphatic heterocycles. The molecule has 1 unspecified atom stereocenters. The SMILES string of the molecule is CN1C(=O)Cc2cc(C(N)c3ccc(Br)cc3Cl)ccc21. The third-order valence-corrected chi connectivity index (χ3v) is 4.66. The molecular weight excluding hydrogens is 352 g/mol. The number of fused-ring (bicyclic) bond motifs is 1. The van der Waals surface area contributed by atoms with E-state index in [2.05, 4.69) is 15.9 Å². The van der Waals surface area contributed by atoms with Crippen LogP contribution in [0.1, 0.15) is 22.7 Å². The highest BCUT2D eigenvalue weighted by Gasteiger charge is 2.25. The minimum Gasteiger partial charge on any atom is -0.320 e. The smallest absolute Gasteiger partial charge is 0.231 e. The second-order valence-corrected chi connectivity index (χ2v) is 6.48. The van der Waals surface area contributed by atoms with E-state index in [1.807, 2.05) is 36.4 Å². The monoisotopic (exact) mass is 364 g/mol. The summed E-state index contributed by atoms with van der Waals surface area (Å²) in [6.07, 6.45) is 0.431. The standard InChI is InChI=1S/C16H14BrClN2O/c1-20-14-5-2-9(6-10(14)7-15(20)21)16(19)12-4-3-11(17)8-13(12)18/h2-6,8,16H,7,19H2,1H3. The lowest BCUT2D eigenvalue weighted by molar-refractivity contribution is -0.117. The van der Waals surface area contributed by atoms with Crippen LogP contribution >= 0.6 is 27.5 Å². The van der Waals surface area contributed by atoms with Crippen molar-refractivity contribution in [1.29, 1.82) is 0 Å². The quantitative estimate of drug-likeness (QED) is 0.882. The molecule has 2 aromatic carbocycles. The zero-order valence-corrected chi connectivity index (χ0v) is 13.8. The largest absolute Gasteiger partial charge is 0.320 e. The first kappa shape index (κ1) is 14.6. The molecule has 2 N–H and O–H groups in total. The van der Waals surface area contributed by atoms with Gasteiger partial charge >= 0.3 is 0 Å². The fraction of sp³-hybridized carbons (Fsp3) is 0.188. The summed E-state index contributed by atoms with van der Waals surface area (Å²) in [5, 5.41) is 0.630. The minimum atomic E-state index is -0.308. The molecule has 0 aliphatic carbocycles. The molecule has 0 spiro atoms. The molecule has 0 saturated carbocycles. The Morgan fingerprint density at radius 1 is 1.29 bits per heavy atom. The third kappa shape index (κ3) is 2.59. The molecule has 1 heterocycles. The molecule has 1 atom stereocenters. The Hall–Kier alpha value is -1.36. The molecule has 5 heteroatoms. The van der Waals surface area contributed by atoms with E-state index in [9.17, 15) is 4.79 Å². The number of carbonyl (C=O) groups is 1. The van der Waals surface area contributed by atoms with Crippen LogP contribution in [0.3, 0.4) is 0 Å². The highest BCUT2D eigenvalue weighted by atomic mass is 79.9. The Morgan fingerprint density at radius 3 is 2.76 bits per heavy atom. The summed E-state index contributed by atoms with van der Waals surface area (Å²) in [6.45, 7) is 0. The fourth-order valence-electron chi connectivity index (χ4n) is 2.62. The number of hydrogen-bond donors (Lipinski definition) is 1. The molecule has 0 fully saturated rings. The first-order valence-electron chi connectivity index (χ1n) is 6.57. The van der Waals surface area contributed by atoms with Gasteiger partial charge in [0.25, 0.3) is 0 Å². The first-order valence-corrected chi connectivity index (χ1v) is 7.74. The lowest BCUT2D eigenvalue weighted by Gasteiger charge is -2.16. The number of nitrogens with zero attached hydrogens (tertiary/aromatic N) is 1. The lowest BCUT2D eigenvalue weighted by Crippen LogP contribution is -2.20. The van der Waals surface area contributed by atoms with Crippen LogP contribution in [-0.4, -0.2) is 13.0 Å². The number of hydrogen-bond acceptors (Lipinski definition) is 2. The number of benzene rings is 2. The maximum Gasteiger partial charge on any atom is 0.231 e. The van der Waals surface area contributed by atoms with E-state index in [1.165, 1.54) is 0 Å². The van der Waals surface area contributed by atoms with Crippen molar-refractivity contribution in [2.24, 2.45) is 5.73 Å². The molecule has 0 aromatic heterocycles. The minimum absolute atomic E-state index is 0.109. The van der Waals surface area contributed by atoms with Crippen molar-refractivity contribution in [3.63, 3.8) is 0 Å². The van der Waals surface area contributed by atoms with E-state index in [-0.39, 0.29) is 11.9 Å². The molecule has 3 rings (SSSR count). The Morgan fingerprint density at radius 2 is 2.05 bits per heavy atom. The molecule has 0 saturated heterocycles. The van der Waals surface area contributed by atoms with Gasteiger partial charge in [-0.25, -0.2) is 0 Å². The topological polar surface area (TPSA) is 46.3 Å². The van der Waals surface area contributed by atoms with E-state index in [4.69, 9.17) is 17.3 Å². The number of halogens is 2. The van der Waals surface area contributed by atoms with Gasteiger partial charge in [0.15, 0.2) is 0 Å². The van der Waals surface area contributed by atoms with Gasteiger partial charge in [-0.05, 0) is 34.9 Å². The molecule has 108 valence electrons. The predicted octanol–water partition coefficient (Wildman–Crippen LogP) is 3.67. The van der Waals surface area contributed by atoms with Gasteiger partial charge in [-0.1, -0.05) is 45.7 Å². The molecule has 1 aliphatic rings. The van der Waals surface area contributed by atoms with Crippen LogP contribution < -0.4 is 10.6 Å². The number of carbonyl (C=O) groups excluding carboxylic acids is 1. The van der Waals surface area contributed by atoms with Crippen molar-refractivity contribution in [2.45, 2.75) is 12.5 Å². The molecule has 1 amide bonds. The van der Waals surface area contributed by atoms with Crippen molar-refractivity contribution in [1.82, 2.24) is 0 Å². The Bertz CT molecular complexity index is 732. The maximum atomic E-state index is 11.7. The van der Waals surface area contributed by atoms with Crippen molar-refractivity contribution in [3.8, 4) is 0 Å². The second-order valence-electron chi connectivity index (χ2n) is 5.16. The van der Waals surface area contributed by atoms with Crippen LogP contribution in [0.15, 0.2) is 40.9 Å².